The summed E-state index contributed by atoms with van der Waals surface area (Å²) in [6.07, 6.45) is 5.28. The first-order valence-electron chi connectivity index (χ1n) is 26.6. The van der Waals surface area contributed by atoms with Crippen LogP contribution in [0.1, 0.15) is 110 Å². The maximum atomic E-state index is 14.2. The van der Waals surface area contributed by atoms with Gasteiger partial charge < -0.3 is 49.9 Å². The number of nitrogens with zero attached hydrogens (tertiary/aromatic N) is 3. The maximum Gasteiger partial charge on any atom is 0.261 e. The molecule has 414 valence electrons. The number of carbonyl (C=O) groups excluding carboxylic acids is 6. The summed E-state index contributed by atoms with van der Waals surface area (Å²) in [5.41, 5.74) is 7.46. The van der Waals surface area contributed by atoms with Crippen LogP contribution in [0.3, 0.4) is 0 Å². The van der Waals surface area contributed by atoms with Gasteiger partial charge in [0.15, 0.2) is 23.0 Å². The van der Waals surface area contributed by atoms with Gasteiger partial charge in [-0.25, -0.2) is 0 Å². The van der Waals surface area contributed by atoms with Crippen LogP contribution in [0.25, 0.3) is 0 Å². The number of carbonyl (C=O) groups is 6. The number of benzene rings is 5. The van der Waals surface area contributed by atoms with Crippen LogP contribution >= 0.6 is 21.6 Å². The fourth-order valence-electron chi connectivity index (χ4n) is 10.1. The van der Waals surface area contributed by atoms with E-state index >= 15 is 0 Å². The largest absolute Gasteiger partial charge is 0.493 e. The van der Waals surface area contributed by atoms with Gasteiger partial charge in [-0.1, -0.05) is 64.9 Å². The molecule has 4 aliphatic rings. The summed E-state index contributed by atoms with van der Waals surface area (Å²) in [5.74, 6) is -0.0886. The number of ketones is 1. The molecule has 4 aliphatic heterocycles. The van der Waals surface area contributed by atoms with Crippen molar-refractivity contribution in [2.75, 3.05) is 41.2 Å². The second-order valence-electron chi connectivity index (χ2n) is 21.1. The zero-order valence-electron chi connectivity index (χ0n) is 45.7. The van der Waals surface area contributed by atoms with E-state index in [4.69, 9.17) is 23.9 Å². The van der Waals surface area contributed by atoms with Crippen molar-refractivity contribution in [1.29, 1.82) is 0 Å². The normalized spacial score (nSPS) is 17.0. The molecule has 0 aliphatic carbocycles. The van der Waals surface area contributed by atoms with E-state index in [9.17, 15) is 28.8 Å². The predicted octanol–water partition coefficient (Wildman–Crippen LogP) is 9.79. The molecule has 19 heteroatoms. The third-order valence-electron chi connectivity index (χ3n) is 14.4. The van der Waals surface area contributed by atoms with E-state index in [0.29, 0.717) is 88.1 Å². The fourth-order valence-corrected chi connectivity index (χ4v) is 12.7. The Bertz CT molecular complexity index is 3220. The second-order valence-corrected chi connectivity index (χ2v) is 24.4. The number of para-hydroxylation sites is 2. The second kappa shape index (κ2) is 24.2. The minimum Gasteiger partial charge on any atom is -0.493 e. The van der Waals surface area contributed by atoms with Gasteiger partial charge in [0, 0.05) is 71.2 Å². The van der Waals surface area contributed by atoms with Gasteiger partial charge in [-0.2, -0.15) is 0 Å². The lowest BCUT2D eigenvalue weighted by Gasteiger charge is -2.25. The van der Waals surface area contributed by atoms with Crippen molar-refractivity contribution in [2.24, 2.45) is 4.99 Å². The van der Waals surface area contributed by atoms with Crippen molar-refractivity contribution in [3.8, 4) is 23.0 Å². The molecular weight excluding hydrogens is 1040 g/mol. The van der Waals surface area contributed by atoms with Gasteiger partial charge in [0.05, 0.1) is 48.8 Å². The third kappa shape index (κ3) is 13.0. The summed E-state index contributed by atoms with van der Waals surface area (Å²) in [6, 6.07) is 25.7. The lowest BCUT2D eigenvalue weighted by Crippen LogP contribution is -2.50. The van der Waals surface area contributed by atoms with Gasteiger partial charge in [-0.05, 0) is 119 Å². The van der Waals surface area contributed by atoms with Crippen LogP contribution in [0.4, 0.5) is 28.4 Å². The highest BCUT2D eigenvalue weighted by atomic mass is 33.1. The number of fused-ring (bicyclic) bond motifs is 8. The van der Waals surface area contributed by atoms with Crippen LogP contribution in [0, 0.1) is 0 Å². The molecule has 4 N–H and O–H groups in total. The molecule has 0 saturated heterocycles. The van der Waals surface area contributed by atoms with Crippen LogP contribution in [-0.2, 0) is 45.2 Å². The zero-order valence-corrected chi connectivity index (χ0v) is 47.4. The molecule has 1 unspecified atom stereocenters. The number of hydrogen-bond acceptors (Lipinski definition) is 14. The minimum atomic E-state index is -1.01. The van der Waals surface area contributed by atoms with Crippen molar-refractivity contribution < 1.29 is 47.7 Å². The monoisotopic (exact) mass is 1110 g/mol. The highest BCUT2D eigenvalue weighted by Gasteiger charge is 2.39. The Morgan fingerprint density at radius 2 is 1.34 bits per heavy atom. The molecule has 4 heterocycles. The summed E-state index contributed by atoms with van der Waals surface area (Å²) in [5, 5.41) is 12.2. The van der Waals surface area contributed by atoms with Crippen molar-refractivity contribution >= 4 is 91.6 Å². The molecule has 17 nitrogen and oxygen atoms in total. The average molecular weight is 1110 g/mol. The van der Waals surface area contributed by atoms with E-state index in [1.54, 1.807) is 89.9 Å². The van der Waals surface area contributed by atoms with Gasteiger partial charge in [0.25, 0.3) is 11.8 Å². The van der Waals surface area contributed by atoms with Crippen molar-refractivity contribution in [3.63, 3.8) is 0 Å². The van der Waals surface area contributed by atoms with Crippen LogP contribution in [0.2, 0.25) is 0 Å². The van der Waals surface area contributed by atoms with E-state index in [2.05, 4.69) is 48.1 Å². The smallest absolute Gasteiger partial charge is 0.261 e. The number of Topliss-reactive ketones (excluding diaryl/α,β-unsaturated/α-hetero) is 1. The summed E-state index contributed by atoms with van der Waals surface area (Å²) < 4.78 is 24.3. The summed E-state index contributed by atoms with van der Waals surface area (Å²) >= 11 is 0. The average Bonchev–Trinajstić information content (AvgIpc) is 4.20. The standard InChI is InChI=1S/C60H67N7O10S2/c1-34(68)17-18-35(2)78-79-60(5,6)20-19-55(69)63-36(3)56(70)64-37(4)57(71)65-42-22-38(32-76-53-28-47-45(26-51(53)74-7)58(72)66-43(30-61-47)24-40-13-9-11-15-49(40)66)21-39(23-42)33-77-54-29-48-46(27-52(54)75-8)59(73)67-44(31-62-48)25-41-14-10-12-16-50(41)67/h9-16,21-23,26-30,35-37,43-44,62H,17-20,24-25,31-33H2,1-8H3,(H,63,69)(H,64,70)(H,65,71)/t35?,36-,37+,43-,44-/m0/s1. The number of ether oxygens (including phenoxy) is 4. The number of hydrogen-bond donors (Lipinski definition) is 4. The molecule has 0 aromatic heterocycles. The molecule has 5 amide bonds. The van der Waals surface area contributed by atoms with Crippen molar-refractivity contribution in [2.45, 2.75) is 127 Å². The number of nitrogens with one attached hydrogen (secondary N) is 4. The third-order valence-corrected chi connectivity index (χ3v) is 18.4. The minimum absolute atomic E-state index is 0.000171. The number of aliphatic imine (C=N–C) groups is 1. The Kier molecular flexibility index (Phi) is 17.3. The van der Waals surface area contributed by atoms with E-state index in [1.807, 2.05) is 53.4 Å². The van der Waals surface area contributed by atoms with Crippen LogP contribution < -0.4 is 50.0 Å². The number of anilines is 4. The number of methoxy groups -OCH3 is 2. The highest BCUT2D eigenvalue weighted by molar-refractivity contribution is 8.77. The van der Waals surface area contributed by atoms with E-state index in [-0.39, 0.29) is 65.2 Å². The molecule has 0 spiro atoms. The number of amides is 5. The quantitative estimate of drug-likeness (QED) is 0.0477. The van der Waals surface area contributed by atoms with E-state index in [0.717, 1.165) is 35.3 Å². The topological polar surface area (TPSA) is 206 Å². The van der Waals surface area contributed by atoms with E-state index in [1.165, 1.54) is 14.2 Å². The predicted molar refractivity (Wildman–Crippen MR) is 311 cm³/mol. The molecule has 0 bridgehead atoms. The fraction of sp³-hybridized carbons (Fsp3) is 0.383. The van der Waals surface area contributed by atoms with Crippen molar-refractivity contribution in [3.05, 3.63) is 124 Å². The van der Waals surface area contributed by atoms with Gasteiger partial charge in [-0.15, -0.1) is 0 Å². The van der Waals surface area contributed by atoms with Crippen molar-refractivity contribution in [1.82, 2.24) is 10.6 Å². The van der Waals surface area contributed by atoms with Crippen LogP contribution in [0.15, 0.2) is 96.0 Å². The summed E-state index contributed by atoms with van der Waals surface area (Å²) in [4.78, 5) is 88.4. The molecule has 0 fully saturated rings. The highest BCUT2D eigenvalue weighted by Crippen LogP contribution is 2.44. The van der Waals surface area contributed by atoms with Crippen LogP contribution in [0.5, 0.6) is 23.0 Å². The first kappa shape index (κ1) is 56.2. The molecule has 0 radical (unpaired) electrons. The molecule has 5 aromatic rings. The molecule has 9 rings (SSSR count). The SMILES string of the molecule is COc1cc2c(cc1OCc1cc(COc3cc4c(cc3OC)C(=O)N3c5ccccc5C[C@H]3CN4)cc(NC(=O)[C@@H](C)NC(=O)[C@H](C)NC(=O)CCC(C)(C)SSC(C)CCC(C)=O)c1)N=C[C@@H]1Cc3ccccc3N1C2=O. The van der Waals surface area contributed by atoms with Gasteiger partial charge in [0.2, 0.25) is 17.7 Å². The number of rotatable bonds is 22. The van der Waals surface area contributed by atoms with Gasteiger partial charge in [-0.3, -0.25) is 33.9 Å². The van der Waals surface area contributed by atoms with Gasteiger partial charge in [0.1, 0.15) is 31.1 Å². The Morgan fingerprint density at radius 1 is 0.734 bits per heavy atom. The molecule has 0 saturated carbocycles. The lowest BCUT2D eigenvalue weighted by atomic mass is 10.1. The summed E-state index contributed by atoms with van der Waals surface area (Å²) in [6.45, 7) is 11.5. The molecular formula is C60H67N7O10S2. The first-order chi connectivity index (χ1) is 37.9. The Balaban J connectivity index is 0.899. The molecule has 5 atom stereocenters. The molecule has 79 heavy (non-hydrogen) atoms. The molecule has 5 aromatic carbocycles. The summed E-state index contributed by atoms with van der Waals surface area (Å²) in [7, 11) is 6.41. The first-order valence-corrected chi connectivity index (χ1v) is 28.8. The maximum absolute atomic E-state index is 14.2. The van der Waals surface area contributed by atoms with Crippen LogP contribution in [-0.4, -0.2) is 96.5 Å². The Hall–Kier alpha value is -7.51. The van der Waals surface area contributed by atoms with Gasteiger partial charge >= 0.3 is 0 Å². The Morgan fingerprint density at radius 3 is 2.01 bits per heavy atom. The van der Waals surface area contributed by atoms with E-state index < -0.39 is 23.9 Å². The Labute approximate surface area is 468 Å². The zero-order chi connectivity index (χ0) is 56.1. The lowest BCUT2D eigenvalue weighted by molar-refractivity contribution is -0.130.